The van der Waals surface area contributed by atoms with Crippen LogP contribution in [-0.4, -0.2) is 38.0 Å². The van der Waals surface area contributed by atoms with Gasteiger partial charge in [0.15, 0.2) is 11.5 Å². The van der Waals surface area contributed by atoms with Gasteiger partial charge in [-0.05, 0) is 36.4 Å². The Labute approximate surface area is 154 Å². The molecule has 27 heavy (non-hydrogen) atoms. The summed E-state index contributed by atoms with van der Waals surface area (Å²) < 4.78 is 13.2. The molecule has 2 aromatic carbocycles. The third kappa shape index (κ3) is 2.52. The van der Waals surface area contributed by atoms with Crippen molar-refractivity contribution in [2.75, 3.05) is 13.2 Å². The first kappa shape index (κ1) is 15.5. The summed E-state index contributed by atoms with van der Waals surface area (Å²) in [5.41, 5.74) is 2.69. The molecule has 0 saturated heterocycles. The minimum atomic E-state index is 0.0230. The molecule has 4 aromatic rings. The zero-order valence-corrected chi connectivity index (χ0v) is 14.2. The van der Waals surface area contributed by atoms with Gasteiger partial charge in [0, 0.05) is 12.3 Å². The van der Waals surface area contributed by atoms with E-state index in [0.717, 1.165) is 16.7 Å². The lowest BCUT2D eigenvalue weighted by Crippen LogP contribution is -2.15. The second-order valence-corrected chi connectivity index (χ2v) is 6.16. The van der Waals surface area contributed by atoms with E-state index in [0.29, 0.717) is 36.1 Å². The number of rotatable bonds is 2. The first-order valence-corrected chi connectivity index (χ1v) is 8.45. The van der Waals surface area contributed by atoms with E-state index >= 15 is 0 Å². The second-order valence-electron chi connectivity index (χ2n) is 6.16. The quantitative estimate of drug-likeness (QED) is 0.533. The standard InChI is InChI=1S/C20H15N3O4/c24-13-2-3-17(25)14(10-13)20-22-15-5-6-21-11-16(15)23(20)12-1-4-18-19(9-12)27-8-7-26-18/h1-6,9-11,24-25H,7-8H2. The lowest BCUT2D eigenvalue weighted by molar-refractivity contribution is 0.171. The van der Waals surface area contributed by atoms with Gasteiger partial charge in [0.2, 0.25) is 0 Å². The maximum Gasteiger partial charge on any atom is 0.163 e. The molecule has 7 nitrogen and oxygen atoms in total. The van der Waals surface area contributed by atoms with Crippen molar-refractivity contribution in [2.24, 2.45) is 0 Å². The van der Waals surface area contributed by atoms with Gasteiger partial charge >= 0.3 is 0 Å². The van der Waals surface area contributed by atoms with Crippen LogP contribution in [-0.2, 0) is 0 Å². The molecule has 0 fully saturated rings. The van der Waals surface area contributed by atoms with Gasteiger partial charge in [-0.3, -0.25) is 9.55 Å². The smallest absolute Gasteiger partial charge is 0.163 e. The van der Waals surface area contributed by atoms with Crippen LogP contribution in [0, 0.1) is 0 Å². The van der Waals surface area contributed by atoms with E-state index in [1.807, 2.05) is 22.8 Å². The first-order chi connectivity index (χ1) is 13.2. The molecule has 1 aliphatic heterocycles. The number of ether oxygens (including phenoxy) is 2. The molecule has 0 amide bonds. The van der Waals surface area contributed by atoms with Crippen molar-refractivity contribution in [3.05, 3.63) is 54.9 Å². The Hall–Kier alpha value is -3.74. The van der Waals surface area contributed by atoms with Crippen LogP contribution >= 0.6 is 0 Å². The minimum absolute atomic E-state index is 0.0230. The first-order valence-electron chi connectivity index (χ1n) is 8.45. The van der Waals surface area contributed by atoms with Crippen molar-refractivity contribution < 1.29 is 19.7 Å². The summed E-state index contributed by atoms with van der Waals surface area (Å²) in [7, 11) is 0. The van der Waals surface area contributed by atoms with Crippen LogP contribution in [0.4, 0.5) is 0 Å². The van der Waals surface area contributed by atoms with Gasteiger partial charge in [-0.2, -0.15) is 0 Å². The fourth-order valence-electron chi connectivity index (χ4n) is 3.24. The van der Waals surface area contributed by atoms with Crippen molar-refractivity contribution in [1.29, 1.82) is 0 Å². The predicted octanol–water partition coefficient (Wildman–Crippen LogP) is 3.27. The Balaban J connectivity index is 1.80. The molecular weight excluding hydrogens is 346 g/mol. The Morgan fingerprint density at radius 2 is 1.78 bits per heavy atom. The van der Waals surface area contributed by atoms with Crippen LogP contribution in [0.2, 0.25) is 0 Å². The molecule has 7 heteroatoms. The molecule has 0 bridgehead atoms. The molecule has 0 atom stereocenters. The summed E-state index contributed by atoms with van der Waals surface area (Å²) in [6, 6.07) is 11.8. The van der Waals surface area contributed by atoms with E-state index < -0.39 is 0 Å². The van der Waals surface area contributed by atoms with Crippen molar-refractivity contribution >= 4 is 11.0 Å². The fraction of sp³-hybridized carbons (Fsp3) is 0.100. The number of hydrogen-bond acceptors (Lipinski definition) is 6. The molecule has 2 N–H and O–H groups in total. The highest BCUT2D eigenvalue weighted by Crippen LogP contribution is 2.38. The molecule has 3 heterocycles. The molecule has 0 aliphatic carbocycles. The molecule has 0 saturated carbocycles. The number of hydrogen-bond donors (Lipinski definition) is 2. The van der Waals surface area contributed by atoms with Crippen molar-refractivity contribution in [3.8, 4) is 40.1 Å². The van der Waals surface area contributed by atoms with E-state index in [1.54, 1.807) is 18.5 Å². The number of phenols is 2. The number of imidazole rings is 1. The summed E-state index contributed by atoms with van der Waals surface area (Å²) in [5, 5.41) is 20.2. The van der Waals surface area contributed by atoms with Crippen molar-refractivity contribution in [3.63, 3.8) is 0 Å². The van der Waals surface area contributed by atoms with Crippen molar-refractivity contribution in [2.45, 2.75) is 0 Å². The van der Waals surface area contributed by atoms with Gasteiger partial charge in [-0.1, -0.05) is 0 Å². The number of pyridine rings is 1. The van der Waals surface area contributed by atoms with Crippen LogP contribution in [0.25, 0.3) is 28.1 Å². The molecule has 134 valence electrons. The van der Waals surface area contributed by atoms with Gasteiger partial charge in [-0.25, -0.2) is 4.98 Å². The Bertz CT molecular complexity index is 1170. The zero-order valence-electron chi connectivity index (χ0n) is 14.2. The summed E-state index contributed by atoms with van der Waals surface area (Å²) in [6.07, 6.45) is 3.37. The van der Waals surface area contributed by atoms with Crippen LogP contribution in [0.5, 0.6) is 23.0 Å². The number of benzene rings is 2. The van der Waals surface area contributed by atoms with Crippen LogP contribution < -0.4 is 9.47 Å². The zero-order chi connectivity index (χ0) is 18.4. The monoisotopic (exact) mass is 361 g/mol. The molecule has 2 aromatic heterocycles. The number of aromatic nitrogens is 3. The number of phenolic OH excluding ortho intramolecular Hbond substituents is 2. The van der Waals surface area contributed by atoms with Crippen LogP contribution in [0.1, 0.15) is 0 Å². The fourth-order valence-corrected chi connectivity index (χ4v) is 3.24. The third-order valence-corrected chi connectivity index (χ3v) is 4.46. The molecule has 0 radical (unpaired) electrons. The Kier molecular flexibility index (Phi) is 3.39. The van der Waals surface area contributed by atoms with E-state index in [1.165, 1.54) is 18.2 Å². The number of nitrogens with zero attached hydrogens (tertiary/aromatic N) is 3. The normalized spacial score (nSPS) is 13.0. The highest BCUT2D eigenvalue weighted by Gasteiger charge is 2.20. The van der Waals surface area contributed by atoms with Gasteiger partial charge in [-0.15, -0.1) is 0 Å². The van der Waals surface area contributed by atoms with Gasteiger partial charge in [0.1, 0.15) is 30.5 Å². The molecule has 0 spiro atoms. The summed E-state index contributed by atoms with van der Waals surface area (Å²) in [4.78, 5) is 8.86. The average Bonchev–Trinajstić information content (AvgIpc) is 3.08. The largest absolute Gasteiger partial charge is 0.508 e. The Morgan fingerprint density at radius 3 is 2.67 bits per heavy atom. The van der Waals surface area contributed by atoms with E-state index in [-0.39, 0.29) is 11.5 Å². The van der Waals surface area contributed by atoms with E-state index in [9.17, 15) is 10.2 Å². The molecule has 5 rings (SSSR count). The van der Waals surface area contributed by atoms with E-state index in [4.69, 9.17) is 9.47 Å². The van der Waals surface area contributed by atoms with Gasteiger partial charge < -0.3 is 19.7 Å². The number of fused-ring (bicyclic) bond motifs is 2. The molecule has 1 aliphatic rings. The van der Waals surface area contributed by atoms with Crippen LogP contribution in [0.15, 0.2) is 54.9 Å². The summed E-state index contributed by atoms with van der Waals surface area (Å²) in [5.74, 6) is 1.89. The summed E-state index contributed by atoms with van der Waals surface area (Å²) in [6.45, 7) is 1.01. The summed E-state index contributed by atoms with van der Waals surface area (Å²) >= 11 is 0. The van der Waals surface area contributed by atoms with Crippen LogP contribution in [0.3, 0.4) is 0 Å². The number of aromatic hydroxyl groups is 2. The Morgan fingerprint density at radius 1 is 0.926 bits per heavy atom. The molecular formula is C20H15N3O4. The predicted molar refractivity (Wildman–Crippen MR) is 98.6 cm³/mol. The van der Waals surface area contributed by atoms with E-state index in [2.05, 4.69) is 9.97 Å². The van der Waals surface area contributed by atoms with Gasteiger partial charge in [0.05, 0.1) is 28.5 Å². The highest BCUT2D eigenvalue weighted by molar-refractivity contribution is 5.84. The third-order valence-electron chi connectivity index (χ3n) is 4.46. The molecule has 0 unspecified atom stereocenters. The second kappa shape index (κ2) is 5.91. The minimum Gasteiger partial charge on any atom is -0.508 e. The lowest BCUT2D eigenvalue weighted by Gasteiger charge is -2.19. The average molecular weight is 361 g/mol. The topological polar surface area (TPSA) is 89.6 Å². The van der Waals surface area contributed by atoms with Gasteiger partial charge in [0.25, 0.3) is 0 Å². The SMILES string of the molecule is Oc1ccc(O)c(-c2nc3ccncc3n2-c2ccc3c(c2)OCCO3)c1. The lowest BCUT2D eigenvalue weighted by atomic mass is 10.1. The maximum absolute atomic E-state index is 10.4. The highest BCUT2D eigenvalue weighted by atomic mass is 16.6. The maximum atomic E-state index is 10.4. The van der Waals surface area contributed by atoms with Crippen molar-refractivity contribution in [1.82, 2.24) is 14.5 Å².